The Kier molecular flexibility index (Phi) is 4.20. The molecule has 0 fully saturated rings. The Hall–Kier alpha value is -2.14. The van der Waals surface area contributed by atoms with E-state index in [4.69, 9.17) is 5.73 Å². The minimum Gasteiger partial charge on any atom is -0.383 e. The molecular formula is C15H18N2O3. The fourth-order valence-electron chi connectivity index (χ4n) is 2.20. The normalized spacial score (nSPS) is 16.2. The zero-order chi connectivity index (χ0) is 14.7. The van der Waals surface area contributed by atoms with Crippen molar-refractivity contribution in [2.45, 2.75) is 26.0 Å². The SMILES string of the molecule is Cc1ccccc1CN1CC=C(CC(O)C(N)=O)C1=O. The first-order chi connectivity index (χ1) is 9.49. The molecule has 1 atom stereocenters. The van der Waals surface area contributed by atoms with Crippen LogP contribution in [0.25, 0.3) is 0 Å². The van der Waals surface area contributed by atoms with E-state index in [1.807, 2.05) is 31.2 Å². The summed E-state index contributed by atoms with van der Waals surface area (Å²) in [5, 5.41) is 9.44. The first-order valence-electron chi connectivity index (χ1n) is 6.49. The number of nitrogens with two attached hydrogens (primary N) is 1. The Balaban J connectivity index is 2.00. The highest BCUT2D eigenvalue weighted by Gasteiger charge is 2.27. The third kappa shape index (κ3) is 3.05. The monoisotopic (exact) mass is 274 g/mol. The highest BCUT2D eigenvalue weighted by Crippen LogP contribution is 2.20. The molecule has 1 aromatic rings. The Morgan fingerprint density at radius 2 is 2.15 bits per heavy atom. The number of aryl methyl sites for hydroxylation is 1. The van der Waals surface area contributed by atoms with Crippen molar-refractivity contribution in [3.63, 3.8) is 0 Å². The molecule has 0 radical (unpaired) electrons. The third-order valence-electron chi connectivity index (χ3n) is 3.48. The summed E-state index contributed by atoms with van der Waals surface area (Å²) >= 11 is 0. The maximum Gasteiger partial charge on any atom is 0.250 e. The zero-order valence-corrected chi connectivity index (χ0v) is 11.4. The van der Waals surface area contributed by atoms with Crippen LogP contribution in [0.4, 0.5) is 0 Å². The van der Waals surface area contributed by atoms with Gasteiger partial charge in [-0.2, -0.15) is 0 Å². The maximum absolute atomic E-state index is 12.2. The molecule has 0 saturated carbocycles. The number of carbonyl (C=O) groups excluding carboxylic acids is 2. The van der Waals surface area contributed by atoms with E-state index in [-0.39, 0.29) is 12.3 Å². The number of benzene rings is 1. The van der Waals surface area contributed by atoms with Crippen molar-refractivity contribution in [3.05, 3.63) is 47.0 Å². The Bertz CT molecular complexity index is 566. The third-order valence-corrected chi connectivity index (χ3v) is 3.48. The predicted octanol–water partition coefficient (Wildman–Crippen LogP) is 0.500. The van der Waals surface area contributed by atoms with E-state index in [2.05, 4.69) is 0 Å². The molecule has 5 heteroatoms. The van der Waals surface area contributed by atoms with Crippen LogP contribution in [-0.4, -0.2) is 34.5 Å². The molecule has 1 heterocycles. The predicted molar refractivity (Wildman–Crippen MR) is 74.5 cm³/mol. The molecule has 20 heavy (non-hydrogen) atoms. The summed E-state index contributed by atoms with van der Waals surface area (Å²) in [6.07, 6.45) is 0.425. The Labute approximate surface area is 117 Å². The first-order valence-corrected chi connectivity index (χ1v) is 6.49. The highest BCUT2D eigenvalue weighted by atomic mass is 16.3. The van der Waals surface area contributed by atoms with Crippen LogP contribution in [0, 0.1) is 6.92 Å². The first kappa shape index (κ1) is 14.3. The summed E-state index contributed by atoms with van der Waals surface area (Å²) in [6, 6.07) is 7.88. The van der Waals surface area contributed by atoms with Crippen LogP contribution in [0.3, 0.4) is 0 Å². The summed E-state index contributed by atoms with van der Waals surface area (Å²) < 4.78 is 0. The highest BCUT2D eigenvalue weighted by molar-refractivity contribution is 5.96. The van der Waals surface area contributed by atoms with E-state index in [9.17, 15) is 14.7 Å². The van der Waals surface area contributed by atoms with E-state index in [1.165, 1.54) is 0 Å². The Morgan fingerprint density at radius 3 is 2.80 bits per heavy atom. The summed E-state index contributed by atoms with van der Waals surface area (Å²) in [5.74, 6) is -0.954. The smallest absolute Gasteiger partial charge is 0.250 e. The van der Waals surface area contributed by atoms with Crippen molar-refractivity contribution >= 4 is 11.8 Å². The van der Waals surface area contributed by atoms with E-state index in [1.54, 1.807) is 11.0 Å². The molecule has 3 N–H and O–H groups in total. The van der Waals surface area contributed by atoms with Gasteiger partial charge in [0.25, 0.3) is 0 Å². The van der Waals surface area contributed by atoms with Gasteiger partial charge >= 0.3 is 0 Å². The molecule has 0 aliphatic carbocycles. The number of aliphatic hydroxyl groups is 1. The summed E-state index contributed by atoms with van der Waals surface area (Å²) in [5.41, 5.74) is 7.66. The van der Waals surface area contributed by atoms with Crippen LogP contribution in [0.15, 0.2) is 35.9 Å². The lowest BCUT2D eigenvalue weighted by Crippen LogP contribution is -2.31. The van der Waals surface area contributed by atoms with Gasteiger partial charge in [-0.15, -0.1) is 0 Å². The van der Waals surface area contributed by atoms with Crippen LogP contribution in [0.5, 0.6) is 0 Å². The molecule has 0 saturated heterocycles. The number of carbonyl (C=O) groups is 2. The molecule has 1 unspecified atom stereocenters. The lowest BCUT2D eigenvalue weighted by Gasteiger charge is -2.18. The molecule has 2 rings (SSSR count). The molecule has 0 aromatic heterocycles. The fraction of sp³-hybridized carbons (Fsp3) is 0.333. The minimum absolute atomic E-state index is 0.0154. The van der Waals surface area contributed by atoms with Crippen LogP contribution in [-0.2, 0) is 16.1 Å². The molecule has 0 spiro atoms. The molecule has 2 amide bonds. The van der Waals surface area contributed by atoms with Gasteiger partial charge in [-0.05, 0) is 18.1 Å². The average molecular weight is 274 g/mol. The number of rotatable bonds is 5. The second-order valence-corrected chi connectivity index (χ2v) is 4.96. The van der Waals surface area contributed by atoms with Gasteiger partial charge in [0, 0.05) is 25.1 Å². The van der Waals surface area contributed by atoms with Crippen molar-refractivity contribution in [1.29, 1.82) is 0 Å². The van der Waals surface area contributed by atoms with Crippen LogP contribution < -0.4 is 5.73 Å². The lowest BCUT2D eigenvalue weighted by molar-refractivity contribution is -0.127. The van der Waals surface area contributed by atoms with Gasteiger partial charge < -0.3 is 15.7 Å². The van der Waals surface area contributed by atoms with Gasteiger partial charge in [-0.25, -0.2) is 0 Å². The number of aliphatic hydroxyl groups excluding tert-OH is 1. The van der Waals surface area contributed by atoms with Crippen LogP contribution in [0.1, 0.15) is 17.5 Å². The van der Waals surface area contributed by atoms with Crippen molar-refractivity contribution in [3.8, 4) is 0 Å². The molecule has 106 valence electrons. The molecule has 1 aliphatic heterocycles. The zero-order valence-electron chi connectivity index (χ0n) is 11.4. The summed E-state index contributed by atoms with van der Waals surface area (Å²) in [7, 11) is 0. The van der Waals surface area contributed by atoms with Crippen LogP contribution in [0.2, 0.25) is 0 Å². The number of hydrogen-bond donors (Lipinski definition) is 2. The standard InChI is InChI=1S/C15H18N2O3/c1-10-4-2-3-5-12(10)9-17-7-6-11(15(17)20)8-13(18)14(16)19/h2-6,13,18H,7-9H2,1H3,(H2,16,19). The summed E-state index contributed by atoms with van der Waals surface area (Å²) in [4.78, 5) is 24.7. The van der Waals surface area contributed by atoms with Crippen molar-refractivity contribution in [2.75, 3.05) is 6.54 Å². The fourth-order valence-corrected chi connectivity index (χ4v) is 2.20. The number of hydrogen-bond acceptors (Lipinski definition) is 3. The topological polar surface area (TPSA) is 83.6 Å². The molecular weight excluding hydrogens is 256 g/mol. The molecule has 5 nitrogen and oxygen atoms in total. The van der Waals surface area contributed by atoms with Crippen molar-refractivity contribution < 1.29 is 14.7 Å². The minimum atomic E-state index is -1.30. The van der Waals surface area contributed by atoms with E-state index in [0.29, 0.717) is 18.7 Å². The maximum atomic E-state index is 12.2. The number of nitrogens with zero attached hydrogens (tertiary/aromatic N) is 1. The average Bonchev–Trinajstić information content (AvgIpc) is 2.74. The van der Waals surface area contributed by atoms with Gasteiger partial charge in [0.1, 0.15) is 6.10 Å². The van der Waals surface area contributed by atoms with Gasteiger partial charge in [0.2, 0.25) is 11.8 Å². The second-order valence-electron chi connectivity index (χ2n) is 4.96. The Morgan fingerprint density at radius 1 is 1.45 bits per heavy atom. The van der Waals surface area contributed by atoms with Crippen molar-refractivity contribution in [1.82, 2.24) is 4.90 Å². The number of amides is 2. The van der Waals surface area contributed by atoms with Gasteiger partial charge in [-0.1, -0.05) is 30.3 Å². The second kappa shape index (κ2) is 5.88. The van der Waals surface area contributed by atoms with Gasteiger partial charge in [0.15, 0.2) is 0 Å². The number of primary amides is 1. The largest absolute Gasteiger partial charge is 0.383 e. The van der Waals surface area contributed by atoms with Crippen molar-refractivity contribution in [2.24, 2.45) is 5.73 Å². The van der Waals surface area contributed by atoms with Gasteiger partial charge in [-0.3, -0.25) is 9.59 Å². The van der Waals surface area contributed by atoms with Crippen LogP contribution >= 0.6 is 0 Å². The quantitative estimate of drug-likeness (QED) is 0.820. The molecule has 1 aromatic carbocycles. The van der Waals surface area contributed by atoms with E-state index >= 15 is 0 Å². The summed E-state index contributed by atoms with van der Waals surface area (Å²) in [6.45, 7) is 3.02. The molecule has 1 aliphatic rings. The van der Waals surface area contributed by atoms with E-state index < -0.39 is 12.0 Å². The lowest BCUT2D eigenvalue weighted by atomic mass is 10.1. The van der Waals surface area contributed by atoms with Gasteiger partial charge in [0.05, 0.1) is 0 Å². The van der Waals surface area contributed by atoms with E-state index in [0.717, 1.165) is 11.1 Å². The molecule has 0 bridgehead atoms.